The number of benzene rings is 1. The molecule has 7 heteroatoms. The van der Waals surface area contributed by atoms with Gasteiger partial charge in [-0.3, -0.25) is 19.3 Å². The first-order valence-corrected chi connectivity index (χ1v) is 10.4. The topological polar surface area (TPSA) is 84.3 Å². The molecule has 2 heterocycles. The zero-order valence-electron chi connectivity index (χ0n) is 16.9. The Balaban J connectivity index is 1.56. The highest BCUT2D eigenvalue weighted by Gasteiger charge is 2.40. The van der Waals surface area contributed by atoms with E-state index < -0.39 is 0 Å². The molecule has 1 unspecified atom stereocenters. The van der Waals surface area contributed by atoms with Crippen LogP contribution < -0.4 is 5.32 Å². The summed E-state index contributed by atoms with van der Waals surface area (Å²) >= 11 is 0. The Bertz CT molecular complexity index is 959. The fourth-order valence-corrected chi connectivity index (χ4v) is 4.20. The molecule has 152 valence electrons. The number of amides is 3. The molecule has 0 saturated heterocycles. The molecular formula is C22H26N4O3. The van der Waals surface area contributed by atoms with E-state index >= 15 is 0 Å². The van der Waals surface area contributed by atoms with E-state index in [-0.39, 0.29) is 29.8 Å². The Morgan fingerprint density at radius 1 is 1.14 bits per heavy atom. The molecule has 0 bridgehead atoms. The van der Waals surface area contributed by atoms with Crippen LogP contribution >= 0.6 is 0 Å². The van der Waals surface area contributed by atoms with Crippen LogP contribution in [0.4, 0.5) is 5.82 Å². The van der Waals surface area contributed by atoms with Crippen molar-refractivity contribution in [1.82, 2.24) is 14.7 Å². The van der Waals surface area contributed by atoms with Gasteiger partial charge in [-0.15, -0.1) is 0 Å². The molecule has 2 aliphatic rings. The van der Waals surface area contributed by atoms with Crippen LogP contribution in [0.1, 0.15) is 89.5 Å². The molecule has 1 aromatic carbocycles. The molecule has 1 N–H and O–H groups in total. The van der Waals surface area contributed by atoms with Gasteiger partial charge in [0, 0.05) is 17.7 Å². The zero-order valence-corrected chi connectivity index (χ0v) is 16.9. The average Bonchev–Trinajstić information content (AvgIpc) is 3.30. The summed E-state index contributed by atoms with van der Waals surface area (Å²) in [5, 5.41) is 7.14. The lowest BCUT2D eigenvalue weighted by atomic mass is 9.94. The predicted octanol–water partition coefficient (Wildman–Crippen LogP) is 4.04. The van der Waals surface area contributed by atoms with Gasteiger partial charge in [0.1, 0.15) is 5.82 Å². The first-order chi connectivity index (χ1) is 14.0. The van der Waals surface area contributed by atoms with Crippen molar-refractivity contribution in [3.8, 4) is 0 Å². The third kappa shape index (κ3) is 3.45. The molecule has 1 aliphatic carbocycles. The summed E-state index contributed by atoms with van der Waals surface area (Å²) in [6, 6.07) is 6.61. The summed E-state index contributed by atoms with van der Waals surface area (Å²) in [6.45, 7) is 4.08. The number of anilines is 1. The highest BCUT2D eigenvalue weighted by atomic mass is 16.2. The maximum Gasteiger partial charge on any atom is 0.261 e. The van der Waals surface area contributed by atoms with Crippen LogP contribution in [0.5, 0.6) is 0 Å². The van der Waals surface area contributed by atoms with Crippen molar-refractivity contribution in [3.63, 3.8) is 0 Å². The summed E-state index contributed by atoms with van der Waals surface area (Å²) in [4.78, 5) is 39.9. The molecule has 0 radical (unpaired) electrons. The first-order valence-electron chi connectivity index (χ1n) is 10.4. The Labute approximate surface area is 170 Å². The third-order valence-electron chi connectivity index (χ3n) is 6.04. The fraction of sp³-hybridized carbons (Fsp3) is 0.455. The standard InChI is InChI=1S/C22H26N4O3/c1-3-14(2)26-19(11-12-23-26)24-20(27)15-9-10-17-18(13-15)22(29)25(21(17)28)16-7-5-4-6-8-16/h9-14,16H,3-8H2,1-2H3,(H,24,27). The Morgan fingerprint density at radius 2 is 1.86 bits per heavy atom. The van der Waals surface area contributed by atoms with Gasteiger partial charge in [-0.05, 0) is 44.4 Å². The van der Waals surface area contributed by atoms with Gasteiger partial charge in [0.15, 0.2) is 0 Å². The molecule has 29 heavy (non-hydrogen) atoms. The summed E-state index contributed by atoms with van der Waals surface area (Å²) in [6.07, 6.45) is 7.48. The van der Waals surface area contributed by atoms with Crippen LogP contribution in [0.3, 0.4) is 0 Å². The quantitative estimate of drug-likeness (QED) is 0.776. The second-order valence-electron chi connectivity index (χ2n) is 7.90. The Kier molecular flexibility index (Phi) is 5.22. The molecule has 7 nitrogen and oxygen atoms in total. The van der Waals surface area contributed by atoms with Crippen molar-refractivity contribution in [3.05, 3.63) is 47.2 Å². The highest BCUT2D eigenvalue weighted by Crippen LogP contribution is 2.31. The number of rotatable bonds is 5. The predicted molar refractivity (Wildman–Crippen MR) is 109 cm³/mol. The summed E-state index contributed by atoms with van der Waals surface area (Å²) < 4.78 is 1.77. The van der Waals surface area contributed by atoms with Gasteiger partial charge in [0.25, 0.3) is 17.7 Å². The number of nitrogens with one attached hydrogen (secondary N) is 1. The number of nitrogens with zero attached hydrogens (tertiary/aromatic N) is 3. The lowest BCUT2D eigenvalue weighted by molar-refractivity contribution is 0.0549. The van der Waals surface area contributed by atoms with E-state index in [1.54, 1.807) is 29.1 Å². The summed E-state index contributed by atoms with van der Waals surface area (Å²) in [5.74, 6) is -0.236. The van der Waals surface area contributed by atoms with E-state index in [1.165, 1.54) is 11.0 Å². The minimum Gasteiger partial charge on any atom is -0.307 e. The van der Waals surface area contributed by atoms with Gasteiger partial charge >= 0.3 is 0 Å². The molecule has 0 spiro atoms. The molecule has 4 rings (SSSR count). The molecule has 1 atom stereocenters. The number of hydrogen-bond donors (Lipinski definition) is 1. The smallest absolute Gasteiger partial charge is 0.261 e. The maximum atomic E-state index is 12.9. The number of fused-ring (bicyclic) bond motifs is 1. The molecule has 1 saturated carbocycles. The van der Waals surface area contributed by atoms with E-state index in [0.717, 1.165) is 38.5 Å². The van der Waals surface area contributed by atoms with Crippen molar-refractivity contribution >= 4 is 23.5 Å². The average molecular weight is 394 g/mol. The lowest BCUT2D eigenvalue weighted by Crippen LogP contribution is -2.40. The highest BCUT2D eigenvalue weighted by molar-refractivity contribution is 6.22. The monoisotopic (exact) mass is 394 g/mol. The minimum absolute atomic E-state index is 0.0293. The van der Waals surface area contributed by atoms with Crippen LogP contribution in [-0.2, 0) is 0 Å². The van der Waals surface area contributed by atoms with Gasteiger partial charge in [0.05, 0.1) is 23.4 Å². The summed E-state index contributed by atoms with van der Waals surface area (Å²) in [5.41, 5.74) is 1.07. The van der Waals surface area contributed by atoms with E-state index in [9.17, 15) is 14.4 Å². The number of carbonyl (C=O) groups is 3. The van der Waals surface area contributed by atoms with E-state index in [0.29, 0.717) is 22.5 Å². The second kappa shape index (κ2) is 7.81. The van der Waals surface area contributed by atoms with Crippen LogP contribution in [0.2, 0.25) is 0 Å². The van der Waals surface area contributed by atoms with E-state index in [2.05, 4.69) is 17.3 Å². The number of carbonyl (C=O) groups excluding carboxylic acids is 3. The largest absolute Gasteiger partial charge is 0.307 e. The zero-order chi connectivity index (χ0) is 20.5. The third-order valence-corrected chi connectivity index (χ3v) is 6.04. The lowest BCUT2D eigenvalue weighted by Gasteiger charge is -2.29. The molecule has 2 aromatic rings. The van der Waals surface area contributed by atoms with Gasteiger partial charge in [-0.1, -0.05) is 26.2 Å². The maximum absolute atomic E-state index is 12.9. The Hall–Kier alpha value is -2.96. The van der Waals surface area contributed by atoms with Crippen LogP contribution in [0, 0.1) is 0 Å². The number of aromatic nitrogens is 2. The minimum atomic E-state index is -0.325. The second-order valence-corrected chi connectivity index (χ2v) is 7.90. The van der Waals surface area contributed by atoms with Crippen molar-refractivity contribution in [2.75, 3.05) is 5.32 Å². The molecule has 1 aliphatic heterocycles. The van der Waals surface area contributed by atoms with Gasteiger partial charge in [-0.25, -0.2) is 4.68 Å². The number of imide groups is 1. The van der Waals surface area contributed by atoms with Gasteiger partial charge < -0.3 is 5.32 Å². The molecular weight excluding hydrogens is 368 g/mol. The van der Waals surface area contributed by atoms with Crippen LogP contribution in [-0.4, -0.2) is 38.4 Å². The van der Waals surface area contributed by atoms with Crippen molar-refractivity contribution < 1.29 is 14.4 Å². The van der Waals surface area contributed by atoms with E-state index in [4.69, 9.17) is 0 Å². The van der Waals surface area contributed by atoms with Crippen molar-refractivity contribution in [2.24, 2.45) is 0 Å². The fourth-order valence-electron chi connectivity index (χ4n) is 4.20. The molecule has 1 aromatic heterocycles. The van der Waals surface area contributed by atoms with Crippen molar-refractivity contribution in [2.45, 2.75) is 64.5 Å². The Morgan fingerprint density at radius 3 is 2.59 bits per heavy atom. The normalized spacial score (nSPS) is 18.1. The molecule has 3 amide bonds. The number of hydrogen-bond acceptors (Lipinski definition) is 4. The van der Waals surface area contributed by atoms with Gasteiger partial charge in [0.2, 0.25) is 0 Å². The van der Waals surface area contributed by atoms with Gasteiger partial charge in [-0.2, -0.15) is 5.10 Å². The van der Waals surface area contributed by atoms with E-state index in [1.807, 2.05) is 6.92 Å². The van der Waals surface area contributed by atoms with Crippen LogP contribution in [0.25, 0.3) is 0 Å². The van der Waals surface area contributed by atoms with Crippen LogP contribution in [0.15, 0.2) is 30.5 Å². The first kappa shape index (κ1) is 19.4. The summed E-state index contributed by atoms with van der Waals surface area (Å²) in [7, 11) is 0. The molecule has 1 fully saturated rings. The SMILES string of the molecule is CCC(C)n1nccc1NC(=O)c1ccc2c(c1)C(=O)N(C1CCCCC1)C2=O. The van der Waals surface area contributed by atoms with Crippen molar-refractivity contribution in [1.29, 1.82) is 0 Å².